The van der Waals surface area contributed by atoms with Crippen molar-refractivity contribution < 1.29 is 9.59 Å². The molecule has 0 saturated heterocycles. The molecule has 1 aromatic rings. The van der Waals surface area contributed by atoms with Crippen LogP contribution in [0.4, 0.5) is 5.69 Å². The summed E-state index contributed by atoms with van der Waals surface area (Å²) < 4.78 is 0. The molecule has 0 saturated carbocycles. The smallest absolute Gasteiger partial charge is 0.238 e. The second-order valence-electron chi connectivity index (χ2n) is 4.40. The third-order valence-electron chi connectivity index (χ3n) is 2.42. The highest BCUT2D eigenvalue weighted by Gasteiger charge is 2.24. The van der Waals surface area contributed by atoms with Crippen LogP contribution in [0.15, 0.2) is 24.3 Å². The Kier molecular flexibility index (Phi) is 4.69. The van der Waals surface area contributed by atoms with Crippen LogP contribution < -0.4 is 16.4 Å². The van der Waals surface area contributed by atoms with Gasteiger partial charge in [0.1, 0.15) is 0 Å². The summed E-state index contributed by atoms with van der Waals surface area (Å²) in [6, 6.07) is 6.81. The molecule has 5 nitrogen and oxygen atoms in total. The van der Waals surface area contributed by atoms with Gasteiger partial charge in [0.05, 0.1) is 12.1 Å². The highest BCUT2D eigenvalue weighted by atomic mass is 35.5. The van der Waals surface area contributed by atoms with E-state index in [1.54, 1.807) is 38.1 Å². The van der Waals surface area contributed by atoms with E-state index in [4.69, 9.17) is 17.3 Å². The highest BCUT2D eigenvalue weighted by Crippen LogP contribution is 2.14. The molecule has 0 aromatic heterocycles. The number of carbonyl (C=O) groups is 2. The third kappa shape index (κ3) is 4.35. The molecule has 2 amide bonds. The number of hydrogen-bond donors (Lipinski definition) is 3. The van der Waals surface area contributed by atoms with E-state index >= 15 is 0 Å². The van der Waals surface area contributed by atoms with Crippen LogP contribution in [0.25, 0.3) is 0 Å². The Balaban J connectivity index is 2.50. The summed E-state index contributed by atoms with van der Waals surface area (Å²) in [4.78, 5) is 22.7. The lowest BCUT2D eigenvalue weighted by atomic mass is 10.1. The SMILES string of the molecule is CC(C)(NCC(=O)Nc1cccc(Cl)c1)C(N)=O. The zero-order valence-corrected chi connectivity index (χ0v) is 11.0. The summed E-state index contributed by atoms with van der Waals surface area (Å²) >= 11 is 5.79. The molecule has 1 rings (SSSR count). The van der Waals surface area contributed by atoms with E-state index < -0.39 is 11.4 Å². The standard InChI is InChI=1S/C12H16ClN3O2/c1-12(2,11(14)18)15-7-10(17)16-9-5-3-4-8(13)6-9/h3-6,15H,7H2,1-2H3,(H2,14,18)(H,16,17). The van der Waals surface area contributed by atoms with Gasteiger partial charge in [-0.25, -0.2) is 0 Å². The Morgan fingerprint density at radius 2 is 2.06 bits per heavy atom. The van der Waals surface area contributed by atoms with Gasteiger partial charge in [-0.3, -0.25) is 14.9 Å². The maximum absolute atomic E-state index is 11.6. The molecule has 0 fully saturated rings. The summed E-state index contributed by atoms with van der Waals surface area (Å²) in [5.41, 5.74) is 4.86. The molecule has 0 unspecified atom stereocenters. The molecular formula is C12H16ClN3O2. The van der Waals surface area contributed by atoms with E-state index in [1.165, 1.54) is 0 Å². The largest absolute Gasteiger partial charge is 0.368 e. The summed E-state index contributed by atoms with van der Waals surface area (Å²) in [5, 5.41) is 5.97. The Morgan fingerprint density at radius 3 is 2.61 bits per heavy atom. The van der Waals surface area contributed by atoms with Crippen molar-refractivity contribution >= 4 is 29.1 Å². The van der Waals surface area contributed by atoms with Gasteiger partial charge in [0.2, 0.25) is 11.8 Å². The Bertz CT molecular complexity index is 460. The molecule has 0 spiro atoms. The van der Waals surface area contributed by atoms with E-state index in [0.717, 1.165) is 0 Å². The number of hydrogen-bond acceptors (Lipinski definition) is 3. The van der Waals surface area contributed by atoms with E-state index in [-0.39, 0.29) is 12.5 Å². The van der Waals surface area contributed by atoms with Gasteiger partial charge in [-0.15, -0.1) is 0 Å². The molecule has 6 heteroatoms. The maximum atomic E-state index is 11.6. The predicted octanol–water partition coefficient (Wildman–Crippen LogP) is 1.13. The van der Waals surface area contributed by atoms with Gasteiger partial charge in [-0.05, 0) is 32.0 Å². The van der Waals surface area contributed by atoms with Gasteiger partial charge < -0.3 is 11.1 Å². The van der Waals surface area contributed by atoms with Gasteiger partial charge in [0, 0.05) is 10.7 Å². The van der Waals surface area contributed by atoms with Gasteiger partial charge in [0.15, 0.2) is 0 Å². The lowest BCUT2D eigenvalue weighted by Crippen LogP contribution is -2.52. The van der Waals surface area contributed by atoms with Crippen LogP contribution in [-0.2, 0) is 9.59 Å². The summed E-state index contributed by atoms with van der Waals surface area (Å²) in [5.74, 6) is -0.787. The number of anilines is 1. The lowest BCUT2D eigenvalue weighted by Gasteiger charge is -2.21. The number of primary amides is 1. The lowest BCUT2D eigenvalue weighted by molar-refractivity contribution is -0.123. The number of halogens is 1. The second kappa shape index (κ2) is 5.84. The second-order valence-corrected chi connectivity index (χ2v) is 4.84. The minimum Gasteiger partial charge on any atom is -0.368 e. The fourth-order valence-corrected chi connectivity index (χ4v) is 1.35. The zero-order valence-electron chi connectivity index (χ0n) is 10.3. The molecule has 0 radical (unpaired) electrons. The van der Waals surface area contributed by atoms with E-state index in [0.29, 0.717) is 10.7 Å². The average Bonchev–Trinajstić information content (AvgIpc) is 2.26. The monoisotopic (exact) mass is 269 g/mol. The molecule has 0 atom stereocenters. The summed E-state index contributed by atoms with van der Waals surface area (Å²) in [7, 11) is 0. The first-order valence-electron chi connectivity index (χ1n) is 5.41. The number of amides is 2. The fraction of sp³-hybridized carbons (Fsp3) is 0.333. The molecule has 0 aliphatic heterocycles. The van der Waals surface area contributed by atoms with Crippen LogP contribution in [0.2, 0.25) is 5.02 Å². The van der Waals surface area contributed by atoms with Gasteiger partial charge in [0.25, 0.3) is 0 Å². The molecule has 1 aromatic carbocycles. The zero-order chi connectivity index (χ0) is 13.8. The third-order valence-corrected chi connectivity index (χ3v) is 2.65. The minimum atomic E-state index is -0.925. The number of carbonyl (C=O) groups excluding carboxylic acids is 2. The summed E-state index contributed by atoms with van der Waals surface area (Å²) in [6.07, 6.45) is 0. The number of benzene rings is 1. The van der Waals surface area contributed by atoms with Crippen LogP contribution in [-0.4, -0.2) is 23.9 Å². The Labute approximate surface area is 111 Å². The van der Waals surface area contributed by atoms with Gasteiger partial charge in [-0.1, -0.05) is 17.7 Å². The average molecular weight is 270 g/mol. The van der Waals surface area contributed by atoms with Crippen molar-refractivity contribution in [1.29, 1.82) is 0 Å². The maximum Gasteiger partial charge on any atom is 0.238 e. The Hall–Kier alpha value is -1.59. The first kappa shape index (κ1) is 14.5. The Morgan fingerprint density at radius 1 is 1.39 bits per heavy atom. The van der Waals surface area contributed by atoms with Gasteiger partial charge in [-0.2, -0.15) is 0 Å². The van der Waals surface area contributed by atoms with Crippen molar-refractivity contribution in [3.8, 4) is 0 Å². The summed E-state index contributed by atoms with van der Waals surface area (Å²) in [6.45, 7) is 3.21. The quantitative estimate of drug-likeness (QED) is 0.749. The molecule has 98 valence electrons. The number of nitrogens with two attached hydrogens (primary N) is 1. The van der Waals surface area contributed by atoms with Crippen molar-refractivity contribution in [3.63, 3.8) is 0 Å². The van der Waals surface area contributed by atoms with Crippen molar-refractivity contribution in [3.05, 3.63) is 29.3 Å². The van der Waals surface area contributed by atoms with E-state index in [9.17, 15) is 9.59 Å². The van der Waals surface area contributed by atoms with Crippen molar-refractivity contribution in [2.45, 2.75) is 19.4 Å². The van der Waals surface area contributed by atoms with Crippen LogP contribution in [0.1, 0.15) is 13.8 Å². The molecular weight excluding hydrogens is 254 g/mol. The number of nitrogens with one attached hydrogen (secondary N) is 2. The van der Waals surface area contributed by atoms with Crippen molar-refractivity contribution in [2.24, 2.45) is 5.73 Å². The molecule has 18 heavy (non-hydrogen) atoms. The molecule has 0 aliphatic carbocycles. The van der Waals surface area contributed by atoms with Crippen LogP contribution >= 0.6 is 11.6 Å². The first-order valence-corrected chi connectivity index (χ1v) is 5.79. The first-order chi connectivity index (χ1) is 8.31. The molecule has 0 heterocycles. The van der Waals surface area contributed by atoms with Gasteiger partial charge >= 0.3 is 0 Å². The molecule has 4 N–H and O–H groups in total. The highest BCUT2D eigenvalue weighted by molar-refractivity contribution is 6.30. The van der Waals surface area contributed by atoms with Crippen molar-refractivity contribution in [1.82, 2.24) is 5.32 Å². The molecule has 0 bridgehead atoms. The van der Waals surface area contributed by atoms with E-state index in [1.807, 2.05) is 0 Å². The van der Waals surface area contributed by atoms with Crippen molar-refractivity contribution in [2.75, 3.05) is 11.9 Å². The number of rotatable bonds is 5. The minimum absolute atomic E-state index is 0.0115. The fourth-order valence-electron chi connectivity index (χ4n) is 1.16. The normalized spacial score (nSPS) is 11.1. The van der Waals surface area contributed by atoms with Crippen LogP contribution in [0.5, 0.6) is 0 Å². The van der Waals surface area contributed by atoms with Crippen LogP contribution in [0.3, 0.4) is 0 Å². The van der Waals surface area contributed by atoms with E-state index in [2.05, 4.69) is 10.6 Å². The van der Waals surface area contributed by atoms with Crippen LogP contribution in [0, 0.1) is 0 Å². The molecule has 0 aliphatic rings. The topological polar surface area (TPSA) is 84.2 Å². The predicted molar refractivity (Wildman–Crippen MR) is 71.4 cm³/mol.